The van der Waals surface area contributed by atoms with Gasteiger partial charge in [0.25, 0.3) is 0 Å². The summed E-state index contributed by atoms with van der Waals surface area (Å²) in [6.45, 7) is 7.93. The molecule has 3 heteroatoms. The Morgan fingerprint density at radius 2 is 1.84 bits per heavy atom. The predicted octanol–water partition coefficient (Wildman–Crippen LogP) is 3.60. The number of piperidine rings is 1. The van der Waals surface area contributed by atoms with E-state index >= 15 is 0 Å². The van der Waals surface area contributed by atoms with Gasteiger partial charge in [-0.25, -0.2) is 4.98 Å². The Kier molecular flexibility index (Phi) is 3.56. The minimum Gasteiger partial charge on any atom is -0.324 e. The van der Waals surface area contributed by atoms with Gasteiger partial charge in [-0.05, 0) is 51.9 Å². The van der Waals surface area contributed by atoms with Gasteiger partial charge in [0.15, 0.2) is 0 Å². The van der Waals surface area contributed by atoms with Crippen LogP contribution < -0.4 is 0 Å². The Labute approximate surface area is 115 Å². The summed E-state index contributed by atoms with van der Waals surface area (Å²) in [7, 11) is 0. The second-order valence-electron chi connectivity index (χ2n) is 5.82. The zero-order chi connectivity index (χ0) is 13.2. The number of hydrogen-bond donors (Lipinski definition) is 0. The van der Waals surface area contributed by atoms with Crippen molar-refractivity contribution in [1.82, 2.24) is 14.5 Å². The first-order chi connectivity index (χ1) is 9.25. The van der Waals surface area contributed by atoms with E-state index in [2.05, 4.69) is 47.6 Å². The highest BCUT2D eigenvalue weighted by Gasteiger charge is 2.17. The van der Waals surface area contributed by atoms with Crippen LogP contribution in [-0.4, -0.2) is 27.5 Å². The van der Waals surface area contributed by atoms with Gasteiger partial charge in [-0.1, -0.05) is 18.6 Å². The van der Waals surface area contributed by atoms with Gasteiger partial charge in [0.1, 0.15) is 5.82 Å². The van der Waals surface area contributed by atoms with E-state index in [4.69, 9.17) is 4.98 Å². The van der Waals surface area contributed by atoms with Gasteiger partial charge in [0, 0.05) is 6.04 Å². The van der Waals surface area contributed by atoms with Crippen molar-refractivity contribution in [3.8, 4) is 0 Å². The predicted molar refractivity (Wildman–Crippen MR) is 79.2 cm³/mol. The molecule has 2 heterocycles. The third kappa shape index (κ3) is 2.52. The van der Waals surface area contributed by atoms with Crippen LogP contribution in [0.25, 0.3) is 11.0 Å². The average Bonchev–Trinajstić information content (AvgIpc) is 2.77. The van der Waals surface area contributed by atoms with Crippen LogP contribution in [0.4, 0.5) is 0 Å². The van der Waals surface area contributed by atoms with E-state index < -0.39 is 0 Å². The Balaban J connectivity index is 1.95. The number of benzene rings is 1. The van der Waals surface area contributed by atoms with Crippen LogP contribution in [0.3, 0.4) is 0 Å². The van der Waals surface area contributed by atoms with Crippen molar-refractivity contribution in [1.29, 1.82) is 0 Å². The second-order valence-corrected chi connectivity index (χ2v) is 5.82. The van der Waals surface area contributed by atoms with Gasteiger partial charge < -0.3 is 4.57 Å². The van der Waals surface area contributed by atoms with Crippen LogP contribution >= 0.6 is 0 Å². The maximum atomic E-state index is 4.85. The maximum Gasteiger partial charge on any atom is 0.124 e. The van der Waals surface area contributed by atoms with Gasteiger partial charge in [0.2, 0.25) is 0 Å². The van der Waals surface area contributed by atoms with Gasteiger partial charge >= 0.3 is 0 Å². The third-order valence-corrected chi connectivity index (χ3v) is 4.00. The molecule has 0 atom stereocenters. The van der Waals surface area contributed by atoms with E-state index in [0.717, 1.165) is 12.1 Å². The highest BCUT2D eigenvalue weighted by molar-refractivity contribution is 5.76. The number of hydrogen-bond acceptors (Lipinski definition) is 2. The number of fused-ring (bicyclic) bond motifs is 1. The number of likely N-dealkylation sites (tertiary alicyclic amines) is 1. The van der Waals surface area contributed by atoms with Crippen LogP contribution in [0, 0.1) is 0 Å². The molecule has 0 amide bonds. The van der Waals surface area contributed by atoms with Gasteiger partial charge in [-0.2, -0.15) is 0 Å². The van der Waals surface area contributed by atoms with E-state index in [1.54, 1.807) is 0 Å². The number of aromatic nitrogens is 2. The first kappa shape index (κ1) is 12.7. The van der Waals surface area contributed by atoms with Crippen molar-refractivity contribution in [2.24, 2.45) is 0 Å². The van der Waals surface area contributed by atoms with Gasteiger partial charge in [-0.15, -0.1) is 0 Å². The molecule has 0 aliphatic carbocycles. The molecule has 1 fully saturated rings. The zero-order valence-corrected chi connectivity index (χ0v) is 12.0. The summed E-state index contributed by atoms with van der Waals surface area (Å²) in [5.41, 5.74) is 2.40. The standard InChI is InChI=1S/C16H23N3/c1-13(2)19-15-9-5-4-8-14(15)17-16(19)12-18-10-6-3-7-11-18/h4-5,8-9,13H,3,6-7,10-12H2,1-2H3. The SMILES string of the molecule is CC(C)n1c(CN2CCCCC2)nc2ccccc21. The lowest BCUT2D eigenvalue weighted by Crippen LogP contribution is -2.30. The molecule has 0 unspecified atom stereocenters. The lowest BCUT2D eigenvalue weighted by Gasteiger charge is -2.26. The quantitative estimate of drug-likeness (QED) is 0.837. The van der Waals surface area contributed by atoms with Crippen molar-refractivity contribution in [3.63, 3.8) is 0 Å². The number of rotatable bonds is 3. The summed E-state index contributed by atoms with van der Waals surface area (Å²) in [5.74, 6) is 1.22. The summed E-state index contributed by atoms with van der Waals surface area (Å²) in [6, 6.07) is 8.95. The lowest BCUT2D eigenvalue weighted by atomic mass is 10.1. The van der Waals surface area contributed by atoms with Crippen molar-refractivity contribution in [3.05, 3.63) is 30.1 Å². The Morgan fingerprint density at radius 1 is 1.11 bits per heavy atom. The lowest BCUT2D eigenvalue weighted by molar-refractivity contribution is 0.212. The average molecular weight is 257 g/mol. The van der Waals surface area contributed by atoms with Crippen molar-refractivity contribution in [2.75, 3.05) is 13.1 Å². The molecule has 1 aromatic carbocycles. The first-order valence-electron chi connectivity index (χ1n) is 7.44. The molecular weight excluding hydrogens is 234 g/mol. The largest absolute Gasteiger partial charge is 0.324 e. The minimum atomic E-state index is 0.465. The van der Waals surface area contributed by atoms with Crippen LogP contribution in [0.15, 0.2) is 24.3 Å². The van der Waals surface area contributed by atoms with E-state index in [0.29, 0.717) is 6.04 Å². The highest BCUT2D eigenvalue weighted by atomic mass is 15.2. The minimum absolute atomic E-state index is 0.465. The Morgan fingerprint density at radius 3 is 2.58 bits per heavy atom. The molecule has 2 aromatic rings. The summed E-state index contributed by atoms with van der Waals surface area (Å²) in [4.78, 5) is 7.39. The zero-order valence-electron chi connectivity index (χ0n) is 12.0. The van der Waals surface area contributed by atoms with Crippen LogP contribution in [0.2, 0.25) is 0 Å². The van der Waals surface area contributed by atoms with Crippen molar-refractivity contribution < 1.29 is 0 Å². The molecule has 1 saturated heterocycles. The van der Waals surface area contributed by atoms with Crippen LogP contribution in [-0.2, 0) is 6.54 Å². The molecule has 1 aliphatic rings. The maximum absolute atomic E-state index is 4.85. The molecule has 0 bridgehead atoms. The topological polar surface area (TPSA) is 21.1 Å². The van der Waals surface area contributed by atoms with Crippen molar-refractivity contribution >= 4 is 11.0 Å². The van der Waals surface area contributed by atoms with Gasteiger partial charge in [-0.3, -0.25) is 4.90 Å². The fourth-order valence-corrected chi connectivity index (χ4v) is 3.10. The van der Waals surface area contributed by atoms with Crippen LogP contribution in [0.1, 0.15) is 45.0 Å². The summed E-state index contributed by atoms with van der Waals surface area (Å²) >= 11 is 0. The number of para-hydroxylation sites is 2. The normalized spacial score (nSPS) is 17.4. The molecule has 0 spiro atoms. The fraction of sp³-hybridized carbons (Fsp3) is 0.562. The molecule has 102 valence electrons. The second kappa shape index (κ2) is 5.33. The Hall–Kier alpha value is -1.35. The highest BCUT2D eigenvalue weighted by Crippen LogP contribution is 2.22. The molecule has 3 nitrogen and oxygen atoms in total. The number of imidazole rings is 1. The summed E-state index contributed by atoms with van der Waals surface area (Å²) in [6.07, 6.45) is 4.06. The molecular formula is C16H23N3. The molecule has 19 heavy (non-hydrogen) atoms. The van der Waals surface area contributed by atoms with Crippen molar-refractivity contribution in [2.45, 2.75) is 45.7 Å². The monoisotopic (exact) mass is 257 g/mol. The van der Waals surface area contributed by atoms with E-state index in [9.17, 15) is 0 Å². The van der Waals surface area contributed by atoms with Gasteiger partial charge in [0.05, 0.1) is 17.6 Å². The summed E-state index contributed by atoms with van der Waals surface area (Å²) < 4.78 is 2.39. The van der Waals surface area contributed by atoms with Crippen LogP contribution in [0.5, 0.6) is 0 Å². The molecule has 0 saturated carbocycles. The first-order valence-corrected chi connectivity index (χ1v) is 7.44. The molecule has 0 radical (unpaired) electrons. The fourth-order valence-electron chi connectivity index (χ4n) is 3.10. The number of nitrogens with zero attached hydrogens (tertiary/aromatic N) is 3. The third-order valence-electron chi connectivity index (χ3n) is 4.00. The van der Waals surface area contributed by atoms with E-state index in [1.807, 2.05) is 0 Å². The van der Waals surface area contributed by atoms with E-state index in [-0.39, 0.29) is 0 Å². The summed E-state index contributed by atoms with van der Waals surface area (Å²) in [5, 5.41) is 0. The molecule has 0 N–H and O–H groups in total. The molecule has 1 aromatic heterocycles. The Bertz CT molecular complexity index is 550. The molecule has 3 rings (SSSR count). The molecule has 1 aliphatic heterocycles. The smallest absolute Gasteiger partial charge is 0.124 e. The van der Waals surface area contributed by atoms with E-state index in [1.165, 1.54) is 43.7 Å².